The van der Waals surface area contributed by atoms with Gasteiger partial charge in [-0.15, -0.1) is 0 Å². The molecule has 0 spiro atoms. The number of nitrogens with zero attached hydrogens (tertiary/aromatic N) is 2. The molecule has 1 aliphatic heterocycles. The number of anilines is 1. The standard InChI is InChI=1S/C24H26N2O2/c1-24(2,3)21-8-6-19(7-9-21)23(27)20(17-25)16-18-4-10-22(11-5-18)26-12-14-28-15-13-26/h4-11,16H,12-15H2,1-3H3/b20-16+. The zero-order chi connectivity index (χ0) is 20.1. The van der Waals surface area contributed by atoms with Crippen molar-refractivity contribution >= 4 is 17.5 Å². The molecule has 1 saturated heterocycles. The molecule has 0 bridgehead atoms. The highest BCUT2D eigenvalue weighted by molar-refractivity contribution is 6.14. The van der Waals surface area contributed by atoms with Gasteiger partial charge in [-0.1, -0.05) is 57.2 Å². The van der Waals surface area contributed by atoms with Crippen LogP contribution in [0.1, 0.15) is 42.3 Å². The molecule has 2 aromatic carbocycles. The van der Waals surface area contributed by atoms with Crippen LogP contribution in [-0.4, -0.2) is 32.1 Å². The predicted molar refractivity (Wildman–Crippen MR) is 113 cm³/mol. The van der Waals surface area contributed by atoms with Crippen molar-refractivity contribution in [3.63, 3.8) is 0 Å². The van der Waals surface area contributed by atoms with Crippen LogP contribution in [0.3, 0.4) is 0 Å². The smallest absolute Gasteiger partial charge is 0.203 e. The second-order valence-corrected chi connectivity index (χ2v) is 8.02. The minimum Gasteiger partial charge on any atom is -0.378 e. The predicted octanol–water partition coefficient (Wildman–Crippen LogP) is 4.61. The topological polar surface area (TPSA) is 53.3 Å². The largest absolute Gasteiger partial charge is 0.378 e. The first kappa shape index (κ1) is 19.9. The molecule has 0 amide bonds. The summed E-state index contributed by atoms with van der Waals surface area (Å²) in [6, 6.07) is 17.5. The summed E-state index contributed by atoms with van der Waals surface area (Å²) in [6.07, 6.45) is 1.66. The lowest BCUT2D eigenvalue weighted by Gasteiger charge is -2.28. The minimum atomic E-state index is -0.250. The number of hydrogen-bond acceptors (Lipinski definition) is 4. The number of carbonyl (C=O) groups excluding carboxylic acids is 1. The number of Topliss-reactive ketones (excluding diaryl/α,β-unsaturated/α-hetero) is 1. The van der Waals surface area contributed by atoms with Gasteiger partial charge >= 0.3 is 0 Å². The van der Waals surface area contributed by atoms with E-state index < -0.39 is 0 Å². The van der Waals surface area contributed by atoms with Gasteiger partial charge in [0.15, 0.2) is 0 Å². The van der Waals surface area contributed by atoms with Crippen molar-refractivity contribution < 1.29 is 9.53 Å². The number of allylic oxidation sites excluding steroid dienone is 1. The molecule has 3 rings (SSSR count). The molecule has 1 aliphatic rings. The maximum atomic E-state index is 12.7. The van der Waals surface area contributed by atoms with Crippen molar-refractivity contribution in [2.75, 3.05) is 31.2 Å². The molecule has 4 heteroatoms. The molecule has 0 unspecified atom stereocenters. The summed E-state index contributed by atoms with van der Waals surface area (Å²) in [5, 5.41) is 9.50. The molecule has 0 saturated carbocycles. The van der Waals surface area contributed by atoms with Gasteiger partial charge in [-0.2, -0.15) is 5.26 Å². The number of nitriles is 1. The van der Waals surface area contributed by atoms with Crippen molar-refractivity contribution in [1.82, 2.24) is 0 Å². The Morgan fingerprint density at radius 1 is 1.04 bits per heavy atom. The number of carbonyl (C=O) groups is 1. The highest BCUT2D eigenvalue weighted by Crippen LogP contribution is 2.23. The third kappa shape index (κ3) is 4.68. The van der Waals surface area contributed by atoms with Gasteiger partial charge in [0, 0.05) is 24.3 Å². The average Bonchev–Trinajstić information content (AvgIpc) is 2.72. The number of hydrogen-bond donors (Lipinski definition) is 0. The molecule has 0 aliphatic carbocycles. The molecule has 2 aromatic rings. The molecular formula is C24H26N2O2. The van der Waals surface area contributed by atoms with Gasteiger partial charge in [-0.25, -0.2) is 0 Å². The first-order valence-electron chi connectivity index (χ1n) is 9.58. The number of ketones is 1. The van der Waals surface area contributed by atoms with Crippen LogP contribution in [0.4, 0.5) is 5.69 Å². The number of ether oxygens (including phenoxy) is 1. The van der Waals surface area contributed by atoms with E-state index >= 15 is 0 Å². The summed E-state index contributed by atoms with van der Waals surface area (Å²) in [4.78, 5) is 15.0. The van der Waals surface area contributed by atoms with E-state index in [0.29, 0.717) is 5.56 Å². The Morgan fingerprint density at radius 2 is 1.64 bits per heavy atom. The third-order valence-corrected chi connectivity index (χ3v) is 4.96. The van der Waals surface area contributed by atoms with E-state index in [0.717, 1.165) is 43.1 Å². The Labute approximate surface area is 167 Å². The fourth-order valence-electron chi connectivity index (χ4n) is 3.20. The third-order valence-electron chi connectivity index (χ3n) is 4.96. The summed E-state index contributed by atoms with van der Waals surface area (Å²) in [6.45, 7) is 9.62. The van der Waals surface area contributed by atoms with Crippen molar-refractivity contribution in [3.8, 4) is 6.07 Å². The molecule has 144 valence electrons. The fraction of sp³-hybridized carbons (Fsp3) is 0.333. The molecule has 1 heterocycles. The van der Waals surface area contributed by atoms with E-state index in [1.807, 2.05) is 36.4 Å². The molecule has 0 atom stereocenters. The number of rotatable bonds is 4. The van der Waals surface area contributed by atoms with Crippen LogP contribution in [-0.2, 0) is 10.2 Å². The van der Waals surface area contributed by atoms with Crippen LogP contribution in [0.15, 0.2) is 54.1 Å². The lowest BCUT2D eigenvalue weighted by Crippen LogP contribution is -2.36. The van der Waals surface area contributed by atoms with Gasteiger partial charge in [0.05, 0.1) is 13.2 Å². The zero-order valence-corrected chi connectivity index (χ0v) is 16.7. The molecular weight excluding hydrogens is 348 g/mol. The fourth-order valence-corrected chi connectivity index (χ4v) is 3.20. The van der Waals surface area contributed by atoms with Gasteiger partial charge in [-0.3, -0.25) is 4.79 Å². The Morgan fingerprint density at radius 3 is 2.18 bits per heavy atom. The quantitative estimate of drug-likeness (QED) is 0.445. The minimum absolute atomic E-state index is 0.0255. The molecule has 28 heavy (non-hydrogen) atoms. The van der Waals surface area contributed by atoms with Crippen LogP contribution in [0.2, 0.25) is 0 Å². The Balaban J connectivity index is 1.77. The van der Waals surface area contributed by atoms with Crippen LogP contribution in [0.5, 0.6) is 0 Å². The summed E-state index contributed by atoms with van der Waals surface area (Å²) in [5.74, 6) is -0.250. The van der Waals surface area contributed by atoms with E-state index in [1.165, 1.54) is 0 Å². The highest BCUT2D eigenvalue weighted by atomic mass is 16.5. The van der Waals surface area contributed by atoms with Crippen LogP contribution in [0.25, 0.3) is 6.08 Å². The van der Waals surface area contributed by atoms with Crippen LogP contribution >= 0.6 is 0 Å². The summed E-state index contributed by atoms with van der Waals surface area (Å²) >= 11 is 0. The molecule has 0 N–H and O–H groups in total. The zero-order valence-electron chi connectivity index (χ0n) is 16.7. The second-order valence-electron chi connectivity index (χ2n) is 8.02. The number of benzene rings is 2. The van der Waals surface area contributed by atoms with Gasteiger partial charge in [0.25, 0.3) is 0 Å². The lowest BCUT2D eigenvalue weighted by atomic mass is 9.86. The maximum absolute atomic E-state index is 12.7. The van der Waals surface area contributed by atoms with Gasteiger partial charge in [0.2, 0.25) is 5.78 Å². The summed E-state index contributed by atoms with van der Waals surface area (Å²) in [5.41, 5.74) is 3.83. The monoisotopic (exact) mass is 374 g/mol. The van der Waals surface area contributed by atoms with E-state index in [1.54, 1.807) is 18.2 Å². The van der Waals surface area contributed by atoms with E-state index in [9.17, 15) is 10.1 Å². The normalized spacial score (nSPS) is 15.2. The summed E-state index contributed by atoms with van der Waals surface area (Å²) < 4.78 is 5.38. The van der Waals surface area contributed by atoms with Crippen LogP contribution in [0, 0.1) is 11.3 Å². The first-order chi connectivity index (χ1) is 13.4. The molecule has 0 aromatic heterocycles. The van der Waals surface area contributed by atoms with Gasteiger partial charge in [-0.05, 0) is 34.8 Å². The van der Waals surface area contributed by atoms with Crippen LogP contribution < -0.4 is 4.90 Å². The van der Waals surface area contributed by atoms with Gasteiger partial charge < -0.3 is 9.64 Å². The Kier molecular flexibility index (Phi) is 5.96. The number of morpholine rings is 1. The van der Waals surface area contributed by atoms with E-state index in [4.69, 9.17) is 4.74 Å². The average molecular weight is 374 g/mol. The maximum Gasteiger partial charge on any atom is 0.203 e. The van der Waals surface area contributed by atoms with Crippen molar-refractivity contribution in [3.05, 3.63) is 70.8 Å². The Bertz CT molecular complexity index is 892. The van der Waals surface area contributed by atoms with E-state index in [-0.39, 0.29) is 16.8 Å². The Hall–Kier alpha value is -2.90. The summed E-state index contributed by atoms with van der Waals surface area (Å²) in [7, 11) is 0. The lowest BCUT2D eigenvalue weighted by molar-refractivity contribution is 0.104. The van der Waals surface area contributed by atoms with Crippen molar-refractivity contribution in [2.24, 2.45) is 0 Å². The SMILES string of the molecule is CC(C)(C)c1ccc(C(=O)/C(C#N)=C/c2ccc(N3CCOCC3)cc2)cc1. The molecule has 1 fully saturated rings. The van der Waals surface area contributed by atoms with Gasteiger partial charge in [0.1, 0.15) is 11.6 Å². The molecule has 0 radical (unpaired) electrons. The second kappa shape index (κ2) is 8.41. The van der Waals surface area contributed by atoms with Crippen molar-refractivity contribution in [2.45, 2.75) is 26.2 Å². The highest BCUT2D eigenvalue weighted by Gasteiger charge is 2.16. The van der Waals surface area contributed by atoms with Crippen molar-refractivity contribution in [1.29, 1.82) is 5.26 Å². The first-order valence-corrected chi connectivity index (χ1v) is 9.58. The van der Waals surface area contributed by atoms with E-state index in [2.05, 4.69) is 31.7 Å². The molecule has 4 nitrogen and oxygen atoms in total.